The Kier molecular flexibility index (Phi) is 5.48. The third kappa shape index (κ3) is 3.96. The van der Waals surface area contributed by atoms with Gasteiger partial charge in [0.1, 0.15) is 5.52 Å². The number of aliphatic hydroxyl groups is 1. The van der Waals surface area contributed by atoms with Crippen LogP contribution in [0.3, 0.4) is 0 Å². The highest BCUT2D eigenvalue weighted by Gasteiger charge is 2.31. The van der Waals surface area contributed by atoms with E-state index in [0.717, 1.165) is 77.3 Å². The monoisotopic (exact) mass is 467 g/mol. The minimum absolute atomic E-state index is 0.311. The second-order valence-electron chi connectivity index (χ2n) is 10.6. The van der Waals surface area contributed by atoms with Crippen LogP contribution in [-0.4, -0.2) is 63.6 Å². The van der Waals surface area contributed by atoms with Gasteiger partial charge in [-0.15, -0.1) is 0 Å². The molecule has 1 saturated heterocycles. The number of nitrogens with zero attached hydrogens (tertiary/aromatic N) is 4. The number of fused-ring (bicyclic) bond motifs is 2. The molecule has 2 aromatic heterocycles. The second-order valence-corrected chi connectivity index (χ2v) is 10.6. The first kappa shape index (κ1) is 22.4. The van der Waals surface area contributed by atoms with Crippen LogP contribution in [0.5, 0.6) is 0 Å². The first-order chi connectivity index (χ1) is 16.9. The van der Waals surface area contributed by atoms with Gasteiger partial charge in [0.15, 0.2) is 5.65 Å². The lowest BCUT2D eigenvalue weighted by atomic mass is 9.87. The summed E-state index contributed by atoms with van der Waals surface area (Å²) in [5.74, 6) is 0.311. The van der Waals surface area contributed by atoms with Crippen molar-refractivity contribution in [1.82, 2.24) is 24.8 Å². The number of rotatable bonds is 4. The number of H-pyrrole nitrogens is 1. The molecule has 2 aliphatic rings. The zero-order valence-electron chi connectivity index (χ0n) is 21.0. The molecule has 4 heterocycles. The number of likely N-dealkylation sites (tertiary alicyclic amines) is 1. The summed E-state index contributed by atoms with van der Waals surface area (Å²) in [6.07, 6.45) is 4.55. The van der Waals surface area contributed by atoms with Crippen molar-refractivity contribution in [1.29, 1.82) is 0 Å². The van der Waals surface area contributed by atoms with Crippen LogP contribution in [-0.2, 0) is 13.0 Å². The van der Waals surface area contributed by atoms with Gasteiger partial charge in [-0.25, -0.2) is 9.97 Å². The Labute approximate surface area is 206 Å². The van der Waals surface area contributed by atoms with Crippen molar-refractivity contribution in [3.8, 4) is 22.4 Å². The molecule has 0 saturated carbocycles. The van der Waals surface area contributed by atoms with Crippen LogP contribution in [0, 0.1) is 19.8 Å². The predicted octanol–water partition coefficient (Wildman–Crippen LogP) is 4.49. The normalized spacial score (nSPS) is 18.0. The Balaban J connectivity index is 1.36. The molecule has 6 rings (SSSR count). The van der Waals surface area contributed by atoms with E-state index in [4.69, 9.17) is 9.97 Å². The van der Waals surface area contributed by atoms with Gasteiger partial charge in [-0.1, -0.05) is 18.2 Å². The quantitative estimate of drug-likeness (QED) is 0.463. The summed E-state index contributed by atoms with van der Waals surface area (Å²) in [6, 6.07) is 10.9. The fourth-order valence-electron chi connectivity index (χ4n) is 5.84. The van der Waals surface area contributed by atoms with Crippen molar-refractivity contribution in [2.24, 2.45) is 5.92 Å². The molecule has 35 heavy (non-hydrogen) atoms. The van der Waals surface area contributed by atoms with E-state index in [1.54, 1.807) is 0 Å². The second kappa shape index (κ2) is 8.55. The highest BCUT2D eigenvalue weighted by Crippen LogP contribution is 2.35. The molecule has 6 heteroatoms. The van der Waals surface area contributed by atoms with Crippen molar-refractivity contribution in [3.63, 3.8) is 0 Å². The number of hydrogen-bond donors (Lipinski definition) is 2. The van der Waals surface area contributed by atoms with E-state index < -0.39 is 6.10 Å². The SMILES string of the molecule is Cc1cc(-c2c[nH]c3ncc(-c4cc(C)c5c(c4)CN(C)CC5)nc23)ccc1[C@H](O)C1CN(C)C1. The molecule has 0 unspecified atom stereocenters. The maximum Gasteiger partial charge on any atom is 0.156 e. The van der Waals surface area contributed by atoms with Crippen molar-refractivity contribution >= 4 is 11.2 Å². The van der Waals surface area contributed by atoms with Crippen LogP contribution in [0.1, 0.15) is 33.9 Å². The number of benzene rings is 2. The summed E-state index contributed by atoms with van der Waals surface area (Å²) in [6.45, 7) is 8.27. The van der Waals surface area contributed by atoms with Gasteiger partial charge in [0.2, 0.25) is 0 Å². The van der Waals surface area contributed by atoms with Crippen LogP contribution in [0.25, 0.3) is 33.5 Å². The number of aryl methyl sites for hydroxylation is 2. The van der Waals surface area contributed by atoms with Crippen molar-refractivity contribution in [2.75, 3.05) is 33.7 Å². The van der Waals surface area contributed by atoms with Crippen molar-refractivity contribution in [2.45, 2.75) is 32.9 Å². The Hall–Kier alpha value is -3.06. The van der Waals surface area contributed by atoms with Gasteiger partial charge < -0.3 is 19.9 Å². The third-order valence-electron chi connectivity index (χ3n) is 7.86. The molecule has 180 valence electrons. The van der Waals surface area contributed by atoms with E-state index in [-0.39, 0.29) is 0 Å². The molecule has 0 spiro atoms. The third-order valence-corrected chi connectivity index (χ3v) is 7.86. The van der Waals surface area contributed by atoms with Gasteiger partial charge in [-0.2, -0.15) is 0 Å². The van der Waals surface area contributed by atoms with Crippen molar-refractivity contribution in [3.05, 3.63) is 70.5 Å². The summed E-state index contributed by atoms with van der Waals surface area (Å²) >= 11 is 0. The van der Waals surface area contributed by atoms with Crippen molar-refractivity contribution < 1.29 is 5.11 Å². The number of hydrogen-bond acceptors (Lipinski definition) is 5. The summed E-state index contributed by atoms with van der Waals surface area (Å²) in [4.78, 5) is 17.7. The van der Waals surface area contributed by atoms with Gasteiger partial charge in [-0.05, 0) is 79.9 Å². The Morgan fingerprint density at radius 1 is 1.03 bits per heavy atom. The molecule has 6 nitrogen and oxygen atoms in total. The smallest absolute Gasteiger partial charge is 0.156 e. The van der Waals surface area contributed by atoms with Gasteiger partial charge in [0.05, 0.1) is 18.0 Å². The summed E-state index contributed by atoms with van der Waals surface area (Å²) < 4.78 is 0. The zero-order valence-corrected chi connectivity index (χ0v) is 21.0. The number of aliphatic hydroxyl groups excluding tert-OH is 1. The predicted molar refractivity (Wildman–Crippen MR) is 140 cm³/mol. The number of likely N-dealkylation sites (N-methyl/N-ethyl adjacent to an activating group) is 1. The van der Waals surface area contributed by atoms with Crippen LogP contribution < -0.4 is 0 Å². The van der Waals surface area contributed by atoms with Gasteiger partial charge >= 0.3 is 0 Å². The topological polar surface area (TPSA) is 68.3 Å². The van der Waals surface area contributed by atoms with Gasteiger partial charge in [0.25, 0.3) is 0 Å². The standard InChI is InChI=1S/C29H33N5O/c1-17-10-20(11-21-14-33(3)8-7-23(17)21)26-13-31-29-27(32-26)25(12-30-29)19-5-6-24(18(2)9-19)28(35)22-15-34(4)16-22/h5-6,9-13,22,28,35H,7-8,14-16H2,1-4H3,(H,30,31)/t28-/m1/s1. The minimum Gasteiger partial charge on any atom is -0.388 e. The van der Waals surface area contributed by atoms with E-state index in [1.165, 1.54) is 16.7 Å². The molecular formula is C29H33N5O. The average Bonchev–Trinajstić information content (AvgIpc) is 3.24. The summed E-state index contributed by atoms with van der Waals surface area (Å²) in [5.41, 5.74) is 12.2. The zero-order chi connectivity index (χ0) is 24.3. The number of aromatic nitrogens is 3. The first-order valence-electron chi connectivity index (χ1n) is 12.5. The fraction of sp³-hybridized carbons (Fsp3) is 0.379. The summed E-state index contributed by atoms with van der Waals surface area (Å²) in [5, 5.41) is 10.9. The largest absolute Gasteiger partial charge is 0.388 e. The molecule has 2 aliphatic heterocycles. The molecule has 2 aromatic carbocycles. The van der Waals surface area contributed by atoms with Gasteiger partial charge in [-0.3, -0.25) is 0 Å². The lowest BCUT2D eigenvalue weighted by Crippen LogP contribution is -2.46. The maximum absolute atomic E-state index is 10.9. The fourth-order valence-corrected chi connectivity index (χ4v) is 5.84. The number of aromatic amines is 1. The maximum atomic E-state index is 10.9. The molecular weight excluding hydrogens is 434 g/mol. The highest BCUT2D eigenvalue weighted by atomic mass is 16.3. The van der Waals surface area contributed by atoms with E-state index in [9.17, 15) is 5.11 Å². The molecule has 0 bridgehead atoms. The Morgan fingerprint density at radius 3 is 2.60 bits per heavy atom. The number of nitrogens with one attached hydrogen (secondary N) is 1. The molecule has 1 atom stereocenters. The van der Waals surface area contributed by atoms with Crippen LogP contribution in [0.2, 0.25) is 0 Å². The van der Waals surface area contributed by atoms with Crippen LogP contribution in [0.4, 0.5) is 0 Å². The molecule has 1 fully saturated rings. The average molecular weight is 468 g/mol. The molecule has 4 aromatic rings. The van der Waals surface area contributed by atoms with Gasteiger partial charge in [0, 0.05) is 49.4 Å². The lowest BCUT2D eigenvalue weighted by molar-refractivity contribution is 0.00868. The summed E-state index contributed by atoms with van der Waals surface area (Å²) in [7, 11) is 4.27. The Bertz CT molecular complexity index is 1420. The highest BCUT2D eigenvalue weighted by molar-refractivity contribution is 5.91. The minimum atomic E-state index is -0.416. The molecule has 0 aliphatic carbocycles. The van der Waals surface area contributed by atoms with Crippen LogP contribution in [0.15, 0.2) is 42.7 Å². The van der Waals surface area contributed by atoms with Crippen LogP contribution >= 0.6 is 0 Å². The van der Waals surface area contributed by atoms with E-state index in [0.29, 0.717) is 5.92 Å². The molecule has 0 radical (unpaired) electrons. The van der Waals surface area contributed by atoms with E-state index in [1.807, 2.05) is 12.4 Å². The Morgan fingerprint density at radius 2 is 1.83 bits per heavy atom. The molecule has 0 amide bonds. The lowest BCUT2D eigenvalue weighted by Gasteiger charge is -2.39. The van der Waals surface area contributed by atoms with E-state index >= 15 is 0 Å². The van der Waals surface area contributed by atoms with E-state index in [2.05, 4.69) is 73.1 Å². The first-order valence-corrected chi connectivity index (χ1v) is 12.5. The molecule has 2 N–H and O–H groups in total.